The lowest BCUT2D eigenvalue weighted by atomic mass is 10.3. The van der Waals surface area contributed by atoms with Crippen LogP contribution < -0.4 is 10.0 Å². The van der Waals surface area contributed by atoms with Crippen LogP contribution >= 0.6 is 11.6 Å². The van der Waals surface area contributed by atoms with Gasteiger partial charge < -0.3 is 9.88 Å². The minimum absolute atomic E-state index is 0.338. The van der Waals surface area contributed by atoms with Gasteiger partial charge in [0, 0.05) is 18.9 Å². The van der Waals surface area contributed by atoms with Gasteiger partial charge in [-0.1, -0.05) is 11.6 Å². The van der Waals surface area contributed by atoms with Crippen LogP contribution in [-0.4, -0.2) is 24.2 Å². The lowest BCUT2D eigenvalue weighted by Gasteiger charge is -2.10. The van der Waals surface area contributed by atoms with Gasteiger partial charge in [0.05, 0.1) is 35.5 Å². The first-order chi connectivity index (χ1) is 9.35. The van der Waals surface area contributed by atoms with E-state index in [1.54, 1.807) is 30.7 Å². The number of nitrogens with one attached hydrogen (secondary N) is 2. The molecule has 1 aromatic carbocycles. The first-order valence-electron chi connectivity index (χ1n) is 5.81. The molecule has 2 aromatic rings. The minimum Gasteiger partial charge on any atom is -0.379 e. The van der Waals surface area contributed by atoms with Crippen LogP contribution in [0, 0.1) is 0 Å². The molecule has 1 aromatic heterocycles. The Morgan fingerprint density at radius 2 is 2.15 bits per heavy atom. The number of benzene rings is 1. The highest BCUT2D eigenvalue weighted by atomic mass is 35.5. The van der Waals surface area contributed by atoms with E-state index in [9.17, 15) is 8.42 Å². The van der Waals surface area contributed by atoms with Crippen LogP contribution in [0.2, 0.25) is 5.02 Å². The average Bonchev–Trinajstić information content (AvgIpc) is 2.74. The van der Waals surface area contributed by atoms with Gasteiger partial charge >= 0.3 is 0 Å². The number of hydrogen-bond donors (Lipinski definition) is 2. The summed E-state index contributed by atoms with van der Waals surface area (Å²) in [5, 5.41) is 3.53. The van der Waals surface area contributed by atoms with Crippen molar-refractivity contribution >= 4 is 33.0 Å². The molecule has 0 aliphatic carbocycles. The molecule has 0 bridgehead atoms. The monoisotopic (exact) mass is 314 g/mol. The van der Waals surface area contributed by atoms with Gasteiger partial charge in [-0.25, -0.2) is 13.4 Å². The first-order valence-corrected chi connectivity index (χ1v) is 8.08. The quantitative estimate of drug-likeness (QED) is 0.885. The van der Waals surface area contributed by atoms with E-state index in [0.717, 1.165) is 17.6 Å². The SMILES string of the molecule is Cn1cncc1CNc1ccc(NS(C)(=O)=O)c(Cl)c1. The van der Waals surface area contributed by atoms with Gasteiger partial charge in [0.15, 0.2) is 0 Å². The molecule has 6 nitrogen and oxygen atoms in total. The molecule has 2 rings (SSSR count). The van der Waals surface area contributed by atoms with Crippen LogP contribution in [0.1, 0.15) is 5.69 Å². The largest absolute Gasteiger partial charge is 0.379 e. The van der Waals surface area contributed by atoms with E-state index in [0.29, 0.717) is 17.3 Å². The Bertz CT molecular complexity index is 712. The normalized spacial score (nSPS) is 11.3. The summed E-state index contributed by atoms with van der Waals surface area (Å²) in [5.74, 6) is 0. The molecule has 0 saturated carbocycles. The fraction of sp³-hybridized carbons (Fsp3) is 0.250. The summed E-state index contributed by atoms with van der Waals surface area (Å²) in [5.41, 5.74) is 2.19. The van der Waals surface area contributed by atoms with Crippen molar-refractivity contribution in [1.29, 1.82) is 0 Å². The number of halogens is 1. The van der Waals surface area contributed by atoms with E-state index in [4.69, 9.17) is 11.6 Å². The molecule has 0 radical (unpaired) electrons. The lowest BCUT2D eigenvalue weighted by Crippen LogP contribution is -2.10. The third-order valence-electron chi connectivity index (χ3n) is 2.65. The summed E-state index contributed by atoms with van der Waals surface area (Å²) in [6, 6.07) is 5.05. The molecule has 0 aliphatic heterocycles. The summed E-state index contributed by atoms with van der Waals surface area (Å²) in [7, 11) is -1.42. The lowest BCUT2D eigenvalue weighted by molar-refractivity contribution is 0.607. The molecule has 20 heavy (non-hydrogen) atoms. The van der Waals surface area contributed by atoms with E-state index in [1.807, 2.05) is 11.6 Å². The summed E-state index contributed by atoms with van der Waals surface area (Å²) in [6.45, 7) is 0.603. The molecule has 0 spiro atoms. The fourth-order valence-corrected chi connectivity index (χ4v) is 2.52. The van der Waals surface area contributed by atoms with E-state index in [2.05, 4.69) is 15.0 Å². The van der Waals surface area contributed by atoms with E-state index >= 15 is 0 Å². The Morgan fingerprint density at radius 1 is 1.40 bits per heavy atom. The van der Waals surface area contributed by atoms with Gasteiger partial charge in [-0.3, -0.25) is 4.72 Å². The zero-order chi connectivity index (χ0) is 14.8. The average molecular weight is 315 g/mol. The van der Waals surface area contributed by atoms with Gasteiger partial charge in [-0.2, -0.15) is 0 Å². The molecule has 108 valence electrons. The van der Waals surface area contributed by atoms with E-state index in [-0.39, 0.29) is 0 Å². The third kappa shape index (κ3) is 3.88. The number of hydrogen-bond acceptors (Lipinski definition) is 4. The molecule has 2 N–H and O–H groups in total. The number of sulfonamides is 1. The second-order valence-corrected chi connectivity index (χ2v) is 6.57. The highest BCUT2D eigenvalue weighted by Gasteiger charge is 2.07. The van der Waals surface area contributed by atoms with Gasteiger partial charge in [-0.15, -0.1) is 0 Å². The van der Waals surface area contributed by atoms with Crippen LogP contribution in [0.5, 0.6) is 0 Å². The first kappa shape index (κ1) is 14.7. The molecule has 0 unspecified atom stereocenters. The fourth-order valence-electron chi connectivity index (χ4n) is 1.66. The minimum atomic E-state index is -3.33. The Morgan fingerprint density at radius 3 is 2.70 bits per heavy atom. The van der Waals surface area contributed by atoms with Crippen LogP contribution in [0.25, 0.3) is 0 Å². The van der Waals surface area contributed by atoms with Crippen molar-refractivity contribution in [1.82, 2.24) is 9.55 Å². The smallest absolute Gasteiger partial charge is 0.229 e. The summed E-state index contributed by atoms with van der Waals surface area (Å²) in [6.07, 6.45) is 4.58. The van der Waals surface area contributed by atoms with Crippen molar-refractivity contribution in [3.8, 4) is 0 Å². The molecule has 8 heteroatoms. The highest BCUT2D eigenvalue weighted by Crippen LogP contribution is 2.26. The maximum absolute atomic E-state index is 11.2. The van der Waals surface area contributed by atoms with Crippen LogP contribution in [0.3, 0.4) is 0 Å². The van der Waals surface area contributed by atoms with Crippen LogP contribution in [0.4, 0.5) is 11.4 Å². The Hall–Kier alpha value is -1.73. The Kier molecular flexibility index (Phi) is 4.20. The summed E-state index contributed by atoms with van der Waals surface area (Å²) >= 11 is 6.04. The Balaban J connectivity index is 2.07. The van der Waals surface area contributed by atoms with Gasteiger partial charge in [0.1, 0.15) is 0 Å². The molecular formula is C12H15ClN4O2S. The molecule has 0 fully saturated rings. The predicted molar refractivity (Wildman–Crippen MR) is 80.5 cm³/mol. The topological polar surface area (TPSA) is 76.0 Å². The van der Waals surface area contributed by atoms with Crippen molar-refractivity contribution in [2.45, 2.75) is 6.54 Å². The second-order valence-electron chi connectivity index (χ2n) is 4.42. The zero-order valence-corrected chi connectivity index (χ0v) is 12.7. The van der Waals surface area contributed by atoms with Crippen molar-refractivity contribution in [2.24, 2.45) is 7.05 Å². The molecule has 0 aliphatic rings. The predicted octanol–water partition coefficient (Wildman–Crippen LogP) is 2.06. The van der Waals surface area contributed by atoms with Crippen LogP contribution in [0.15, 0.2) is 30.7 Å². The number of rotatable bonds is 5. The van der Waals surface area contributed by atoms with Gasteiger partial charge in [0.25, 0.3) is 0 Å². The number of aromatic nitrogens is 2. The van der Waals surface area contributed by atoms with Gasteiger partial charge in [-0.05, 0) is 18.2 Å². The molecule has 0 amide bonds. The van der Waals surface area contributed by atoms with Crippen molar-refractivity contribution in [3.63, 3.8) is 0 Å². The van der Waals surface area contributed by atoms with Crippen molar-refractivity contribution in [2.75, 3.05) is 16.3 Å². The van der Waals surface area contributed by atoms with Gasteiger partial charge in [0.2, 0.25) is 10.0 Å². The second kappa shape index (κ2) is 5.72. The number of aryl methyl sites for hydroxylation is 1. The third-order valence-corrected chi connectivity index (χ3v) is 3.56. The number of anilines is 2. The van der Waals surface area contributed by atoms with Crippen molar-refractivity contribution in [3.05, 3.63) is 41.4 Å². The van der Waals surface area contributed by atoms with Crippen LogP contribution in [-0.2, 0) is 23.6 Å². The van der Waals surface area contributed by atoms with Crippen molar-refractivity contribution < 1.29 is 8.42 Å². The summed E-state index contributed by atoms with van der Waals surface area (Å²) < 4.78 is 26.6. The highest BCUT2D eigenvalue weighted by molar-refractivity contribution is 7.92. The maximum atomic E-state index is 11.2. The Labute approximate surface area is 122 Å². The number of imidazole rings is 1. The molecule has 1 heterocycles. The van der Waals surface area contributed by atoms with E-state index < -0.39 is 10.0 Å². The maximum Gasteiger partial charge on any atom is 0.229 e. The van der Waals surface area contributed by atoms with E-state index in [1.165, 1.54) is 0 Å². The standard InChI is InChI=1S/C12H15ClN4O2S/c1-17-8-14-6-10(17)7-15-9-3-4-12(11(13)5-9)16-20(2,18)19/h3-6,8,15-16H,7H2,1-2H3. The number of nitrogens with zero attached hydrogens (tertiary/aromatic N) is 2. The summed E-state index contributed by atoms with van der Waals surface area (Å²) in [4.78, 5) is 4.03. The molecule has 0 atom stereocenters. The molecular weight excluding hydrogens is 300 g/mol. The zero-order valence-electron chi connectivity index (χ0n) is 11.1. The molecule has 0 saturated heterocycles.